The average molecular weight is 315 g/mol. The lowest BCUT2D eigenvalue weighted by molar-refractivity contribution is 0.0721. The van der Waals surface area contributed by atoms with Crippen LogP contribution in [0.1, 0.15) is 26.5 Å². The molecule has 0 aliphatic carbocycles. The summed E-state index contributed by atoms with van der Waals surface area (Å²) in [6.07, 6.45) is 4.03. The van der Waals surface area contributed by atoms with Gasteiger partial charge in [0.2, 0.25) is 0 Å². The fourth-order valence-electron chi connectivity index (χ4n) is 2.55. The Bertz CT molecular complexity index is 643. The van der Waals surface area contributed by atoms with Crippen molar-refractivity contribution in [1.82, 2.24) is 14.8 Å². The largest absolute Gasteiger partial charge is 0.337 e. The third-order valence-electron chi connectivity index (χ3n) is 3.71. The van der Waals surface area contributed by atoms with Crippen molar-refractivity contribution in [3.8, 4) is 0 Å². The zero-order valence-corrected chi connectivity index (χ0v) is 13.0. The predicted molar refractivity (Wildman–Crippen MR) is 85.0 cm³/mol. The normalized spacial score (nSPS) is 15.5. The van der Waals surface area contributed by atoms with E-state index >= 15 is 0 Å². The van der Waals surface area contributed by atoms with Crippen molar-refractivity contribution < 1.29 is 9.59 Å². The number of hydrogen-bond acceptors (Lipinski definition) is 4. The molecule has 5 nitrogen and oxygen atoms in total. The number of nitrogens with zero attached hydrogens (tertiary/aromatic N) is 3. The van der Waals surface area contributed by atoms with Gasteiger partial charge >= 0.3 is 0 Å². The first-order valence-corrected chi connectivity index (χ1v) is 8.16. The molecule has 114 valence electrons. The minimum atomic E-state index is -0.0153. The number of hydrogen-bond donors (Lipinski definition) is 0. The van der Waals surface area contributed by atoms with Crippen molar-refractivity contribution >= 4 is 23.2 Å². The summed E-state index contributed by atoms with van der Waals surface area (Å²) in [6, 6.07) is 7.26. The maximum atomic E-state index is 12.4. The molecule has 2 aromatic heterocycles. The Hall–Kier alpha value is -2.21. The highest BCUT2D eigenvalue weighted by Crippen LogP contribution is 2.15. The van der Waals surface area contributed by atoms with E-state index in [2.05, 4.69) is 4.98 Å². The molecule has 2 aromatic rings. The maximum absolute atomic E-state index is 12.4. The summed E-state index contributed by atoms with van der Waals surface area (Å²) >= 11 is 1.46. The summed E-state index contributed by atoms with van der Waals surface area (Å²) < 4.78 is 0. The smallest absolute Gasteiger partial charge is 0.263 e. The minimum Gasteiger partial charge on any atom is -0.337 e. The molecule has 0 bridgehead atoms. The van der Waals surface area contributed by atoms with E-state index in [4.69, 9.17) is 0 Å². The third-order valence-corrected chi connectivity index (χ3v) is 4.57. The second kappa shape index (κ2) is 6.70. The quantitative estimate of drug-likeness (QED) is 0.853. The zero-order valence-electron chi connectivity index (χ0n) is 12.1. The fraction of sp³-hybridized carbons (Fsp3) is 0.312. The Morgan fingerprint density at radius 1 is 1.00 bits per heavy atom. The van der Waals surface area contributed by atoms with E-state index in [1.807, 2.05) is 22.4 Å². The minimum absolute atomic E-state index is 0.0153. The van der Waals surface area contributed by atoms with Crippen LogP contribution in [0.3, 0.4) is 0 Å². The number of thiophene rings is 1. The van der Waals surface area contributed by atoms with Crippen LogP contribution < -0.4 is 0 Å². The lowest BCUT2D eigenvalue weighted by atomic mass is 10.2. The Labute approximate surface area is 133 Å². The van der Waals surface area contributed by atoms with Crippen molar-refractivity contribution in [3.05, 3.63) is 52.5 Å². The molecule has 1 fully saturated rings. The highest BCUT2D eigenvalue weighted by Gasteiger charge is 2.23. The molecule has 0 radical (unpaired) electrons. The lowest BCUT2D eigenvalue weighted by Gasteiger charge is -2.21. The van der Waals surface area contributed by atoms with Gasteiger partial charge in [-0.15, -0.1) is 11.3 Å². The van der Waals surface area contributed by atoms with E-state index in [9.17, 15) is 9.59 Å². The standard InChI is InChI=1S/C16H17N3O2S/c20-15(13-4-1-6-17-12-13)18-7-3-8-19(10-9-18)16(21)14-5-2-11-22-14/h1-2,4-6,11-12H,3,7-10H2. The van der Waals surface area contributed by atoms with Gasteiger partial charge in [-0.3, -0.25) is 14.6 Å². The second-order valence-electron chi connectivity index (χ2n) is 5.16. The molecule has 0 atom stereocenters. The van der Waals surface area contributed by atoms with Gasteiger partial charge < -0.3 is 9.80 Å². The van der Waals surface area contributed by atoms with Gasteiger partial charge in [-0.05, 0) is 30.0 Å². The van der Waals surface area contributed by atoms with Gasteiger partial charge in [0.15, 0.2) is 0 Å². The summed E-state index contributed by atoms with van der Waals surface area (Å²) in [7, 11) is 0. The molecule has 0 aromatic carbocycles. The van der Waals surface area contributed by atoms with Crippen molar-refractivity contribution in [2.24, 2.45) is 0 Å². The molecule has 1 saturated heterocycles. The summed E-state index contributed by atoms with van der Waals surface area (Å²) in [6.45, 7) is 2.49. The van der Waals surface area contributed by atoms with Gasteiger partial charge in [0.05, 0.1) is 10.4 Å². The molecule has 1 aliphatic heterocycles. The molecule has 22 heavy (non-hydrogen) atoms. The first kappa shape index (κ1) is 14.7. The van der Waals surface area contributed by atoms with Gasteiger partial charge in [-0.2, -0.15) is 0 Å². The van der Waals surface area contributed by atoms with Crippen LogP contribution in [0.5, 0.6) is 0 Å². The Morgan fingerprint density at radius 2 is 1.77 bits per heavy atom. The number of rotatable bonds is 2. The van der Waals surface area contributed by atoms with Gasteiger partial charge in [0, 0.05) is 38.6 Å². The predicted octanol–water partition coefficient (Wildman–Crippen LogP) is 2.13. The Morgan fingerprint density at radius 3 is 2.41 bits per heavy atom. The molecule has 0 unspecified atom stereocenters. The van der Waals surface area contributed by atoms with Gasteiger partial charge in [0.25, 0.3) is 11.8 Å². The lowest BCUT2D eigenvalue weighted by Crippen LogP contribution is -2.37. The summed E-state index contributed by atoms with van der Waals surface area (Å²) in [5, 5.41) is 1.91. The van der Waals surface area contributed by atoms with E-state index in [1.165, 1.54) is 11.3 Å². The van der Waals surface area contributed by atoms with E-state index in [0.29, 0.717) is 31.7 Å². The topological polar surface area (TPSA) is 53.5 Å². The number of aromatic nitrogens is 1. The van der Waals surface area contributed by atoms with Crippen LogP contribution >= 0.6 is 11.3 Å². The molecular formula is C16H17N3O2S. The molecule has 6 heteroatoms. The zero-order chi connectivity index (χ0) is 15.4. The second-order valence-corrected chi connectivity index (χ2v) is 6.10. The van der Waals surface area contributed by atoms with Crippen LogP contribution in [0.2, 0.25) is 0 Å². The molecule has 0 spiro atoms. The van der Waals surface area contributed by atoms with Gasteiger partial charge in [-0.1, -0.05) is 6.07 Å². The molecule has 2 amide bonds. The van der Waals surface area contributed by atoms with Crippen LogP contribution in [0, 0.1) is 0 Å². The Kier molecular flexibility index (Phi) is 4.48. The van der Waals surface area contributed by atoms with Crippen LogP contribution in [-0.4, -0.2) is 52.8 Å². The number of carbonyl (C=O) groups is 2. The van der Waals surface area contributed by atoms with Crippen molar-refractivity contribution in [2.45, 2.75) is 6.42 Å². The van der Waals surface area contributed by atoms with E-state index in [-0.39, 0.29) is 11.8 Å². The third kappa shape index (κ3) is 3.17. The summed E-state index contributed by atoms with van der Waals surface area (Å²) in [4.78, 5) is 33.2. The first-order chi connectivity index (χ1) is 10.8. The van der Waals surface area contributed by atoms with Crippen molar-refractivity contribution in [3.63, 3.8) is 0 Å². The van der Waals surface area contributed by atoms with Crippen LogP contribution in [0.4, 0.5) is 0 Å². The summed E-state index contributed by atoms with van der Waals surface area (Å²) in [5.41, 5.74) is 0.598. The number of pyridine rings is 1. The van der Waals surface area contributed by atoms with Gasteiger partial charge in [0.1, 0.15) is 0 Å². The molecule has 0 N–H and O–H groups in total. The highest BCUT2D eigenvalue weighted by molar-refractivity contribution is 7.12. The van der Waals surface area contributed by atoms with Crippen LogP contribution in [-0.2, 0) is 0 Å². The van der Waals surface area contributed by atoms with Crippen molar-refractivity contribution in [2.75, 3.05) is 26.2 Å². The van der Waals surface area contributed by atoms with E-state index < -0.39 is 0 Å². The fourth-order valence-corrected chi connectivity index (χ4v) is 3.24. The van der Waals surface area contributed by atoms with E-state index in [1.54, 1.807) is 29.4 Å². The number of amides is 2. The molecule has 1 aliphatic rings. The van der Waals surface area contributed by atoms with Gasteiger partial charge in [-0.25, -0.2) is 0 Å². The van der Waals surface area contributed by atoms with Crippen molar-refractivity contribution in [1.29, 1.82) is 0 Å². The Balaban J connectivity index is 1.65. The SMILES string of the molecule is O=C(c1cccnc1)N1CCCN(C(=O)c2cccs2)CC1. The van der Waals surface area contributed by atoms with E-state index in [0.717, 1.165) is 11.3 Å². The van der Waals surface area contributed by atoms with Crippen LogP contribution in [0.15, 0.2) is 42.0 Å². The monoisotopic (exact) mass is 315 g/mol. The molecular weight excluding hydrogens is 298 g/mol. The molecule has 3 heterocycles. The summed E-state index contributed by atoms with van der Waals surface area (Å²) in [5.74, 6) is 0.0456. The molecule has 0 saturated carbocycles. The molecule has 3 rings (SSSR count). The first-order valence-electron chi connectivity index (χ1n) is 7.28. The number of carbonyl (C=O) groups excluding carboxylic acids is 2. The average Bonchev–Trinajstić information content (AvgIpc) is 2.99. The highest BCUT2D eigenvalue weighted by atomic mass is 32.1. The van der Waals surface area contributed by atoms with Crippen LogP contribution in [0.25, 0.3) is 0 Å². The maximum Gasteiger partial charge on any atom is 0.263 e.